The summed E-state index contributed by atoms with van der Waals surface area (Å²) in [5, 5.41) is 9.29. The molecule has 1 heterocycles. The number of Topliss-reactive ketones (excluding diaryl/α,β-unsaturated/α-hetero) is 1. The van der Waals surface area contributed by atoms with Gasteiger partial charge in [-0.2, -0.15) is 13.2 Å². The second-order valence-electron chi connectivity index (χ2n) is 9.46. The number of ether oxygens (including phenoxy) is 1. The number of hydrogen-bond donors (Lipinski definition) is 4. The summed E-state index contributed by atoms with van der Waals surface area (Å²) in [5.74, 6) is -4.28. The minimum Gasteiger partial charge on any atom is -0.356 e. The van der Waals surface area contributed by atoms with Crippen molar-refractivity contribution in [3.63, 3.8) is 0 Å². The van der Waals surface area contributed by atoms with Crippen molar-refractivity contribution in [1.82, 2.24) is 21.3 Å². The van der Waals surface area contributed by atoms with Gasteiger partial charge in [0.25, 0.3) is 0 Å². The van der Waals surface area contributed by atoms with E-state index in [2.05, 4.69) is 26.0 Å². The number of amides is 3. The molecule has 1 saturated heterocycles. The van der Waals surface area contributed by atoms with Crippen molar-refractivity contribution >= 4 is 23.5 Å². The minimum absolute atomic E-state index is 0.0336. The van der Waals surface area contributed by atoms with Gasteiger partial charge in [-0.1, -0.05) is 13.8 Å². The lowest BCUT2D eigenvalue weighted by molar-refractivity contribution is -0.321. The first-order valence-corrected chi connectivity index (χ1v) is 11.5. The highest BCUT2D eigenvalue weighted by Crippen LogP contribution is 2.48. The second kappa shape index (κ2) is 11.8. The molecule has 0 aromatic carbocycles. The summed E-state index contributed by atoms with van der Waals surface area (Å²) in [4.78, 5) is 49.5. The number of carbonyl (C=O) groups is 4. The summed E-state index contributed by atoms with van der Waals surface area (Å²) >= 11 is 0. The summed E-state index contributed by atoms with van der Waals surface area (Å²) < 4.78 is 80.0. The van der Waals surface area contributed by atoms with E-state index in [1.807, 2.05) is 0 Å². The highest BCUT2D eigenvalue weighted by atomic mass is 19.4. The molecule has 0 radical (unpaired) electrons. The SMILES string of the molecule is CC(C)CC(NC(=O)CNC1(C(F)(F)F)CC1)C(=O)NC(C[C@@H]1CCNC1=O)C(=O)COC(F)(F)F. The van der Waals surface area contributed by atoms with Crippen LogP contribution >= 0.6 is 0 Å². The maximum Gasteiger partial charge on any atom is 0.522 e. The molecule has 0 spiro atoms. The molecule has 1 saturated carbocycles. The van der Waals surface area contributed by atoms with Crippen LogP contribution in [0.3, 0.4) is 0 Å². The van der Waals surface area contributed by atoms with Crippen LogP contribution in [-0.2, 0) is 23.9 Å². The molecule has 1 aliphatic carbocycles. The van der Waals surface area contributed by atoms with Crippen LogP contribution in [0.15, 0.2) is 0 Å². The summed E-state index contributed by atoms with van der Waals surface area (Å²) in [6, 6.07) is -2.80. The van der Waals surface area contributed by atoms with E-state index in [-0.39, 0.29) is 31.6 Å². The van der Waals surface area contributed by atoms with Crippen molar-refractivity contribution in [3.05, 3.63) is 0 Å². The highest BCUT2D eigenvalue weighted by molar-refractivity contribution is 5.94. The van der Waals surface area contributed by atoms with E-state index in [1.165, 1.54) is 0 Å². The van der Waals surface area contributed by atoms with Gasteiger partial charge in [0, 0.05) is 12.5 Å². The first kappa shape index (κ1) is 29.8. The average Bonchev–Trinajstić information content (AvgIpc) is 3.45. The largest absolute Gasteiger partial charge is 0.522 e. The van der Waals surface area contributed by atoms with Gasteiger partial charge in [-0.3, -0.25) is 29.2 Å². The minimum atomic E-state index is -5.09. The third-order valence-corrected chi connectivity index (χ3v) is 6.01. The Labute approximate surface area is 203 Å². The summed E-state index contributed by atoms with van der Waals surface area (Å²) in [6.07, 6.45) is -9.94. The Hall–Kier alpha value is -2.42. The number of hydrogen-bond acceptors (Lipinski definition) is 6. The van der Waals surface area contributed by atoms with Crippen LogP contribution in [0.1, 0.15) is 46.0 Å². The summed E-state index contributed by atoms with van der Waals surface area (Å²) in [5.41, 5.74) is -2.14. The van der Waals surface area contributed by atoms with Crippen LogP contribution in [0.2, 0.25) is 0 Å². The molecule has 2 aliphatic rings. The van der Waals surface area contributed by atoms with Crippen LogP contribution in [0.5, 0.6) is 0 Å². The number of ketones is 1. The number of alkyl halides is 6. The Morgan fingerprint density at radius 3 is 2.19 bits per heavy atom. The maximum atomic E-state index is 13.1. The zero-order chi connectivity index (χ0) is 27.3. The lowest BCUT2D eigenvalue weighted by atomic mass is 9.95. The molecular formula is C21H30F6N4O5. The lowest BCUT2D eigenvalue weighted by Crippen LogP contribution is -2.55. The summed E-state index contributed by atoms with van der Waals surface area (Å²) in [6.45, 7) is 1.60. The molecule has 2 fully saturated rings. The number of nitrogens with one attached hydrogen (secondary N) is 4. The maximum absolute atomic E-state index is 13.1. The lowest BCUT2D eigenvalue weighted by Gasteiger charge is -2.26. The molecule has 0 bridgehead atoms. The topological polar surface area (TPSA) is 126 Å². The van der Waals surface area contributed by atoms with E-state index < -0.39 is 72.7 Å². The van der Waals surface area contributed by atoms with Crippen LogP contribution in [0, 0.1) is 11.8 Å². The van der Waals surface area contributed by atoms with E-state index in [9.17, 15) is 45.5 Å². The fourth-order valence-electron chi connectivity index (χ4n) is 3.83. The molecular weight excluding hydrogens is 502 g/mol. The number of halogens is 6. The average molecular weight is 532 g/mol. The fraction of sp³-hybridized carbons (Fsp3) is 0.810. The number of rotatable bonds is 13. The molecule has 206 valence electrons. The van der Waals surface area contributed by atoms with Gasteiger partial charge in [-0.25, -0.2) is 0 Å². The van der Waals surface area contributed by atoms with Crippen LogP contribution < -0.4 is 21.3 Å². The van der Waals surface area contributed by atoms with Crippen molar-refractivity contribution in [1.29, 1.82) is 0 Å². The first-order chi connectivity index (χ1) is 16.5. The van der Waals surface area contributed by atoms with Gasteiger partial charge in [0.15, 0.2) is 5.78 Å². The Kier molecular flexibility index (Phi) is 9.73. The van der Waals surface area contributed by atoms with E-state index in [1.54, 1.807) is 13.8 Å². The predicted octanol–water partition coefficient (Wildman–Crippen LogP) is 1.32. The van der Waals surface area contributed by atoms with Gasteiger partial charge >= 0.3 is 12.5 Å². The van der Waals surface area contributed by atoms with Gasteiger partial charge in [0.2, 0.25) is 17.7 Å². The molecule has 4 N–H and O–H groups in total. The standard InChI is InChI=1S/C21H30F6N4O5/c1-11(2)7-14(30-16(33)9-29-19(4-5-19)20(22,23)24)18(35)31-13(8-12-3-6-28-17(12)34)15(32)10-36-21(25,26)27/h11-14,29H,3-10H2,1-2H3,(H,28,34)(H,30,33)(H,31,35)/t12-,13?,14?/m0/s1. The van der Waals surface area contributed by atoms with Crippen LogP contribution in [-0.4, -0.2) is 73.4 Å². The third kappa shape index (κ3) is 8.91. The van der Waals surface area contributed by atoms with Gasteiger partial charge in [0.1, 0.15) is 18.2 Å². The Morgan fingerprint density at radius 1 is 1.08 bits per heavy atom. The van der Waals surface area contributed by atoms with Crippen LogP contribution in [0.25, 0.3) is 0 Å². The predicted molar refractivity (Wildman–Crippen MR) is 112 cm³/mol. The van der Waals surface area contributed by atoms with Crippen molar-refractivity contribution in [2.75, 3.05) is 19.7 Å². The molecule has 36 heavy (non-hydrogen) atoms. The van der Waals surface area contributed by atoms with Gasteiger partial charge in [0.05, 0.1) is 12.6 Å². The zero-order valence-electron chi connectivity index (χ0n) is 19.8. The molecule has 15 heteroatoms. The quantitative estimate of drug-likeness (QED) is 0.265. The molecule has 9 nitrogen and oxygen atoms in total. The van der Waals surface area contributed by atoms with E-state index in [0.29, 0.717) is 13.0 Å². The smallest absolute Gasteiger partial charge is 0.356 e. The molecule has 0 aromatic heterocycles. The summed E-state index contributed by atoms with van der Waals surface area (Å²) in [7, 11) is 0. The van der Waals surface area contributed by atoms with Crippen molar-refractivity contribution in [2.45, 2.75) is 76.1 Å². The normalized spacial score (nSPS) is 21.0. The van der Waals surface area contributed by atoms with Gasteiger partial charge in [-0.05, 0) is 38.0 Å². The third-order valence-electron chi connectivity index (χ3n) is 6.01. The fourth-order valence-corrected chi connectivity index (χ4v) is 3.83. The first-order valence-electron chi connectivity index (χ1n) is 11.5. The molecule has 2 rings (SSSR count). The molecule has 3 atom stereocenters. The Bertz CT molecular complexity index is 829. The zero-order valence-corrected chi connectivity index (χ0v) is 19.8. The van der Waals surface area contributed by atoms with E-state index >= 15 is 0 Å². The van der Waals surface area contributed by atoms with Crippen molar-refractivity contribution < 1.29 is 50.3 Å². The molecule has 3 amide bonds. The Balaban J connectivity index is 2.06. The second-order valence-corrected chi connectivity index (χ2v) is 9.46. The van der Waals surface area contributed by atoms with Gasteiger partial charge < -0.3 is 16.0 Å². The molecule has 2 unspecified atom stereocenters. The van der Waals surface area contributed by atoms with Crippen LogP contribution in [0.4, 0.5) is 26.3 Å². The number of carbonyl (C=O) groups excluding carboxylic acids is 4. The van der Waals surface area contributed by atoms with E-state index in [4.69, 9.17) is 0 Å². The van der Waals surface area contributed by atoms with E-state index in [0.717, 1.165) is 0 Å². The van der Waals surface area contributed by atoms with Crippen molar-refractivity contribution in [3.8, 4) is 0 Å². The Morgan fingerprint density at radius 2 is 1.72 bits per heavy atom. The van der Waals surface area contributed by atoms with Crippen molar-refractivity contribution in [2.24, 2.45) is 11.8 Å². The highest BCUT2D eigenvalue weighted by Gasteiger charge is 2.63. The molecule has 1 aliphatic heterocycles. The van der Waals surface area contributed by atoms with Gasteiger partial charge in [-0.15, -0.1) is 13.2 Å². The molecule has 0 aromatic rings. The monoisotopic (exact) mass is 532 g/mol.